The van der Waals surface area contributed by atoms with Gasteiger partial charge in [0, 0.05) is 23.5 Å². The molecular weight excluding hydrogens is 502 g/mol. The summed E-state index contributed by atoms with van der Waals surface area (Å²) >= 11 is 0. The number of rotatable bonds is 8. The topological polar surface area (TPSA) is 93.5 Å². The standard InChI is InChI=1S/C33H25N3O4/c37-32(34-20-22-10-12-24(13-11-22)33(38)39)29-19-28(40-27-7-2-1-3-8-27)18-25-16-17-36(31(25)29)21-26-15-14-23-6-4-5-9-30(23)35-26/h1-19H,20-21H2,(H,34,37)(H,38,39). The molecule has 6 aromatic rings. The van der Waals surface area contributed by atoms with Crippen molar-refractivity contribution in [1.29, 1.82) is 0 Å². The Balaban J connectivity index is 1.34. The molecule has 2 heterocycles. The summed E-state index contributed by atoms with van der Waals surface area (Å²) in [7, 11) is 0. The number of aromatic nitrogens is 2. The number of aromatic carboxylic acids is 1. The zero-order valence-corrected chi connectivity index (χ0v) is 21.5. The van der Waals surface area contributed by atoms with Crippen molar-refractivity contribution in [2.45, 2.75) is 13.1 Å². The average Bonchev–Trinajstić information content (AvgIpc) is 3.38. The van der Waals surface area contributed by atoms with E-state index >= 15 is 0 Å². The molecule has 0 bridgehead atoms. The van der Waals surface area contributed by atoms with Crippen molar-refractivity contribution in [2.24, 2.45) is 0 Å². The van der Waals surface area contributed by atoms with Crippen LogP contribution in [-0.4, -0.2) is 26.5 Å². The highest BCUT2D eigenvalue weighted by Crippen LogP contribution is 2.30. The minimum Gasteiger partial charge on any atom is -0.478 e. The molecule has 0 saturated heterocycles. The number of benzene rings is 4. The number of carbonyl (C=O) groups is 2. The van der Waals surface area contributed by atoms with Gasteiger partial charge in [-0.3, -0.25) is 9.78 Å². The fourth-order valence-corrected chi connectivity index (χ4v) is 4.72. The molecule has 1 amide bonds. The summed E-state index contributed by atoms with van der Waals surface area (Å²) in [6, 6.07) is 33.5. The zero-order valence-electron chi connectivity index (χ0n) is 21.5. The largest absolute Gasteiger partial charge is 0.478 e. The lowest BCUT2D eigenvalue weighted by Crippen LogP contribution is -2.23. The van der Waals surface area contributed by atoms with E-state index in [0.29, 0.717) is 23.6 Å². The van der Waals surface area contributed by atoms with Crippen LogP contribution in [0.2, 0.25) is 0 Å². The van der Waals surface area contributed by atoms with Gasteiger partial charge in [-0.25, -0.2) is 4.79 Å². The highest BCUT2D eigenvalue weighted by molar-refractivity contribution is 6.06. The van der Waals surface area contributed by atoms with Crippen molar-refractivity contribution in [2.75, 3.05) is 0 Å². The number of carbonyl (C=O) groups excluding carboxylic acids is 1. The molecule has 0 aliphatic carbocycles. The van der Waals surface area contributed by atoms with Crippen LogP contribution in [-0.2, 0) is 13.1 Å². The van der Waals surface area contributed by atoms with Crippen LogP contribution in [0.4, 0.5) is 0 Å². The number of hydrogen-bond donors (Lipinski definition) is 2. The van der Waals surface area contributed by atoms with Crippen LogP contribution < -0.4 is 10.1 Å². The van der Waals surface area contributed by atoms with Crippen LogP contribution in [0, 0.1) is 0 Å². The van der Waals surface area contributed by atoms with Crippen LogP contribution in [0.25, 0.3) is 21.8 Å². The summed E-state index contributed by atoms with van der Waals surface area (Å²) in [5, 5.41) is 14.1. The number of pyridine rings is 1. The minimum atomic E-state index is -0.991. The predicted octanol–water partition coefficient (Wildman–Crippen LogP) is 6.66. The van der Waals surface area contributed by atoms with Gasteiger partial charge in [-0.05, 0) is 60.2 Å². The number of fused-ring (bicyclic) bond motifs is 2. The third-order valence-electron chi connectivity index (χ3n) is 6.70. The summed E-state index contributed by atoms with van der Waals surface area (Å²) in [6.07, 6.45) is 1.95. The number of para-hydroxylation sites is 2. The number of nitrogens with zero attached hydrogens (tertiary/aromatic N) is 2. The van der Waals surface area contributed by atoms with Gasteiger partial charge in [0.25, 0.3) is 5.91 Å². The highest BCUT2D eigenvalue weighted by Gasteiger charge is 2.17. The second kappa shape index (κ2) is 10.7. The van der Waals surface area contributed by atoms with Gasteiger partial charge in [-0.15, -0.1) is 0 Å². The van der Waals surface area contributed by atoms with Crippen molar-refractivity contribution >= 4 is 33.7 Å². The maximum atomic E-state index is 13.6. The molecular formula is C33H25N3O4. The summed E-state index contributed by atoms with van der Waals surface area (Å²) < 4.78 is 8.12. The number of nitrogens with one attached hydrogen (secondary N) is 1. The van der Waals surface area contributed by atoms with E-state index in [-0.39, 0.29) is 18.0 Å². The lowest BCUT2D eigenvalue weighted by atomic mass is 10.1. The first-order valence-electron chi connectivity index (χ1n) is 12.8. The van der Waals surface area contributed by atoms with Crippen LogP contribution in [0.5, 0.6) is 11.5 Å². The Morgan fingerprint density at radius 1 is 0.800 bits per heavy atom. The molecule has 0 saturated carbocycles. The maximum Gasteiger partial charge on any atom is 0.335 e. The first kappa shape index (κ1) is 24.9. The molecule has 6 rings (SSSR count). The highest BCUT2D eigenvalue weighted by atomic mass is 16.5. The summed E-state index contributed by atoms with van der Waals surface area (Å²) in [5.41, 5.74) is 4.03. The van der Waals surface area contributed by atoms with Crippen molar-refractivity contribution in [3.8, 4) is 11.5 Å². The lowest BCUT2D eigenvalue weighted by Gasteiger charge is -2.13. The molecule has 2 aromatic heterocycles. The van der Waals surface area contributed by atoms with Crippen LogP contribution >= 0.6 is 0 Å². The van der Waals surface area contributed by atoms with E-state index in [9.17, 15) is 9.59 Å². The Morgan fingerprint density at radius 3 is 2.38 bits per heavy atom. The number of carboxylic acids is 1. The quantitative estimate of drug-likeness (QED) is 0.231. The van der Waals surface area contributed by atoms with Crippen molar-refractivity contribution in [3.63, 3.8) is 0 Å². The smallest absolute Gasteiger partial charge is 0.335 e. The predicted molar refractivity (Wildman–Crippen MR) is 154 cm³/mol. The monoisotopic (exact) mass is 527 g/mol. The Hall–Kier alpha value is -5.43. The normalized spacial score (nSPS) is 11.0. The fraction of sp³-hybridized carbons (Fsp3) is 0.0606. The Bertz CT molecular complexity index is 1840. The molecule has 0 atom stereocenters. The number of carboxylic acid groups (broad SMARTS) is 1. The molecule has 0 fully saturated rings. The van der Waals surface area contributed by atoms with Crippen molar-refractivity contribution in [1.82, 2.24) is 14.9 Å². The molecule has 40 heavy (non-hydrogen) atoms. The molecule has 2 N–H and O–H groups in total. The van der Waals surface area contributed by atoms with Crippen LogP contribution in [0.15, 0.2) is 115 Å². The van der Waals surface area contributed by atoms with Crippen LogP contribution in [0.1, 0.15) is 32.0 Å². The second-order valence-corrected chi connectivity index (χ2v) is 9.45. The van der Waals surface area contributed by atoms with Crippen molar-refractivity contribution < 1.29 is 19.4 Å². The summed E-state index contributed by atoms with van der Waals surface area (Å²) in [5.74, 6) is -0.0325. The van der Waals surface area contributed by atoms with E-state index in [4.69, 9.17) is 14.8 Å². The Labute approximate surface area is 230 Å². The molecule has 196 valence electrons. The van der Waals surface area contributed by atoms with Gasteiger partial charge in [-0.1, -0.05) is 54.6 Å². The van der Waals surface area contributed by atoms with Gasteiger partial charge >= 0.3 is 5.97 Å². The maximum absolute atomic E-state index is 13.6. The van der Waals surface area contributed by atoms with Crippen molar-refractivity contribution in [3.05, 3.63) is 138 Å². The minimum absolute atomic E-state index is 0.197. The van der Waals surface area contributed by atoms with Gasteiger partial charge < -0.3 is 19.7 Å². The average molecular weight is 528 g/mol. The summed E-state index contributed by atoms with van der Waals surface area (Å²) in [6.45, 7) is 0.737. The molecule has 0 aliphatic heterocycles. The first-order valence-corrected chi connectivity index (χ1v) is 12.8. The van der Waals surface area contributed by atoms with E-state index in [2.05, 4.69) is 11.4 Å². The lowest BCUT2D eigenvalue weighted by molar-refractivity contribution is 0.0696. The summed E-state index contributed by atoms with van der Waals surface area (Å²) in [4.78, 5) is 29.6. The number of amides is 1. The molecule has 0 radical (unpaired) electrons. The molecule has 0 aliphatic rings. The molecule has 4 aromatic carbocycles. The van der Waals surface area contributed by atoms with E-state index in [1.165, 1.54) is 12.1 Å². The molecule has 7 heteroatoms. The Kier molecular flexibility index (Phi) is 6.68. The number of hydrogen-bond acceptors (Lipinski definition) is 4. The Morgan fingerprint density at radius 2 is 1.57 bits per heavy atom. The van der Waals surface area contributed by atoms with Gasteiger partial charge in [-0.2, -0.15) is 0 Å². The fourth-order valence-electron chi connectivity index (χ4n) is 4.72. The van der Waals surface area contributed by atoms with Gasteiger partial charge in [0.05, 0.1) is 34.4 Å². The third kappa shape index (κ3) is 5.26. The molecule has 0 unspecified atom stereocenters. The molecule has 0 spiro atoms. The SMILES string of the molecule is O=C(O)c1ccc(CNC(=O)c2cc(Oc3ccccc3)cc3ccn(Cc4ccc5ccccc5n4)c23)cc1. The second-order valence-electron chi connectivity index (χ2n) is 9.45. The van der Waals surface area contributed by atoms with Gasteiger partial charge in [0.15, 0.2) is 0 Å². The van der Waals surface area contributed by atoms with Gasteiger partial charge in [0.2, 0.25) is 0 Å². The zero-order chi connectivity index (χ0) is 27.5. The van der Waals surface area contributed by atoms with E-state index in [0.717, 1.165) is 33.1 Å². The number of ether oxygens (including phenoxy) is 1. The third-order valence-corrected chi connectivity index (χ3v) is 6.70. The van der Waals surface area contributed by atoms with Gasteiger partial charge in [0.1, 0.15) is 11.5 Å². The van der Waals surface area contributed by atoms with E-state index in [1.807, 2.05) is 83.6 Å². The van der Waals surface area contributed by atoms with E-state index in [1.54, 1.807) is 18.2 Å². The van der Waals surface area contributed by atoms with Crippen LogP contribution in [0.3, 0.4) is 0 Å². The van der Waals surface area contributed by atoms with E-state index < -0.39 is 5.97 Å². The first-order chi connectivity index (χ1) is 19.5. The molecule has 7 nitrogen and oxygen atoms in total.